The second-order valence-corrected chi connectivity index (χ2v) is 4.86. The third-order valence-electron chi connectivity index (χ3n) is 3.33. The molecule has 0 aliphatic heterocycles. The summed E-state index contributed by atoms with van der Waals surface area (Å²) in [5, 5.41) is 3.33. The number of hydrogen-bond acceptors (Lipinski definition) is 3. The molecule has 3 nitrogen and oxygen atoms in total. The van der Waals surface area contributed by atoms with Gasteiger partial charge >= 0.3 is 0 Å². The van der Waals surface area contributed by atoms with Crippen molar-refractivity contribution in [2.45, 2.75) is 20.0 Å². The zero-order chi connectivity index (χ0) is 14.9. The number of rotatable bonds is 8. The Morgan fingerprint density at radius 2 is 1.57 bits per heavy atom. The Kier molecular flexibility index (Phi) is 6.10. The molecule has 0 heterocycles. The molecular formula is C18H23NO2. The van der Waals surface area contributed by atoms with Crippen molar-refractivity contribution >= 4 is 0 Å². The highest BCUT2D eigenvalue weighted by atomic mass is 16.5. The monoisotopic (exact) mass is 285 g/mol. The van der Waals surface area contributed by atoms with E-state index in [0.29, 0.717) is 6.61 Å². The Bertz CT molecular complexity index is 537. The number of ether oxygens (including phenoxy) is 2. The minimum absolute atomic E-state index is 0.549. The van der Waals surface area contributed by atoms with Crippen LogP contribution in [-0.4, -0.2) is 20.2 Å². The molecule has 0 aromatic heterocycles. The molecule has 2 rings (SSSR count). The van der Waals surface area contributed by atoms with E-state index in [1.165, 1.54) is 5.56 Å². The molecule has 0 radical (unpaired) electrons. The van der Waals surface area contributed by atoms with Crippen LogP contribution in [0.2, 0.25) is 0 Å². The maximum atomic E-state index is 5.82. The first-order valence-electron chi connectivity index (χ1n) is 7.38. The number of benzene rings is 2. The summed E-state index contributed by atoms with van der Waals surface area (Å²) in [6, 6.07) is 16.3. The van der Waals surface area contributed by atoms with Gasteiger partial charge in [-0.25, -0.2) is 0 Å². The van der Waals surface area contributed by atoms with Gasteiger partial charge in [0, 0.05) is 0 Å². The zero-order valence-electron chi connectivity index (χ0n) is 12.8. The van der Waals surface area contributed by atoms with E-state index < -0.39 is 0 Å². The van der Waals surface area contributed by atoms with Gasteiger partial charge in [-0.2, -0.15) is 0 Å². The lowest BCUT2D eigenvalue weighted by molar-refractivity contribution is 0.284. The van der Waals surface area contributed by atoms with Gasteiger partial charge in [-0.15, -0.1) is 0 Å². The molecule has 112 valence electrons. The second-order valence-electron chi connectivity index (χ2n) is 4.86. The predicted octanol–water partition coefficient (Wildman–Crippen LogP) is 3.43. The van der Waals surface area contributed by atoms with Crippen molar-refractivity contribution in [3.63, 3.8) is 0 Å². The van der Waals surface area contributed by atoms with Crippen molar-refractivity contribution in [2.24, 2.45) is 0 Å². The van der Waals surface area contributed by atoms with Crippen LogP contribution >= 0.6 is 0 Å². The van der Waals surface area contributed by atoms with Crippen LogP contribution in [0.25, 0.3) is 0 Å². The van der Waals surface area contributed by atoms with Gasteiger partial charge in [-0.05, 0) is 42.8 Å². The van der Waals surface area contributed by atoms with Crippen LogP contribution in [0.15, 0.2) is 48.5 Å². The van der Waals surface area contributed by atoms with E-state index in [1.54, 1.807) is 7.11 Å². The fourth-order valence-electron chi connectivity index (χ4n) is 2.11. The number of hydrogen-bond donors (Lipinski definition) is 1. The Labute approximate surface area is 126 Å². The van der Waals surface area contributed by atoms with Crippen molar-refractivity contribution < 1.29 is 9.47 Å². The Morgan fingerprint density at radius 1 is 0.905 bits per heavy atom. The first kappa shape index (κ1) is 15.4. The van der Waals surface area contributed by atoms with Gasteiger partial charge in [0.15, 0.2) is 11.5 Å². The summed E-state index contributed by atoms with van der Waals surface area (Å²) >= 11 is 0. The Morgan fingerprint density at radius 3 is 2.24 bits per heavy atom. The van der Waals surface area contributed by atoms with Crippen LogP contribution in [0.3, 0.4) is 0 Å². The molecule has 0 saturated carbocycles. The first-order chi connectivity index (χ1) is 10.3. The molecule has 0 spiro atoms. The van der Waals surface area contributed by atoms with E-state index in [9.17, 15) is 0 Å². The third-order valence-corrected chi connectivity index (χ3v) is 3.33. The molecule has 21 heavy (non-hydrogen) atoms. The highest BCUT2D eigenvalue weighted by Crippen LogP contribution is 2.26. The zero-order valence-corrected chi connectivity index (χ0v) is 12.8. The lowest BCUT2D eigenvalue weighted by atomic mass is 10.1. The second kappa shape index (κ2) is 8.32. The van der Waals surface area contributed by atoms with Crippen LogP contribution < -0.4 is 14.8 Å². The van der Waals surface area contributed by atoms with E-state index >= 15 is 0 Å². The van der Waals surface area contributed by atoms with Crippen LogP contribution in [0.4, 0.5) is 0 Å². The number of methoxy groups -OCH3 is 1. The average Bonchev–Trinajstić information content (AvgIpc) is 2.54. The van der Waals surface area contributed by atoms with Gasteiger partial charge in [0.1, 0.15) is 6.61 Å². The highest BCUT2D eigenvalue weighted by molar-refractivity contribution is 5.39. The van der Waals surface area contributed by atoms with Crippen LogP contribution in [0.5, 0.6) is 11.5 Å². The van der Waals surface area contributed by atoms with Crippen LogP contribution in [0, 0.1) is 0 Å². The van der Waals surface area contributed by atoms with Gasteiger partial charge in [-0.3, -0.25) is 0 Å². The predicted molar refractivity (Wildman–Crippen MR) is 86.0 cm³/mol. The average molecular weight is 285 g/mol. The maximum absolute atomic E-state index is 5.82. The molecule has 0 amide bonds. The molecule has 1 N–H and O–H groups in total. The van der Waals surface area contributed by atoms with Crippen molar-refractivity contribution in [2.75, 3.05) is 20.2 Å². The SMILES string of the molecule is CCNCCc1ccc(COc2ccccc2OC)cc1. The summed E-state index contributed by atoms with van der Waals surface area (Å²) in [6.07, 6.45) is 1.06. The van der Waals surface area contributed by atoms with E-state index in [0.717, 1.165) is 36.6 Å². The third kappa shape index (κ3) is 4.80. The van der Waals surface area contributed by atoms with Crippen molar-refractivity contribution in [3.8, 4) is 11.5 Å². The number of likely N-dealkylation sites (N-methyl/N-ethyl adjacent to an activating group) is 1. The smallest absolute Gasteiger partial charge is 0.161 e. The minimum atomic E-state index is 0.549. The molecule has 0 saturated heterocycles. The first-order valence-corrected chi connectivity index (χ1v) is 7.38. The highest BCUT2D eigenvalue weighted by Gasteiger charge is 2.03. The summed E-state index contributed by atoms with van der Waals surface area (Å²) in [4.78, 5) is 0. The molecule has 0 fully saturated rings. The Hall–Kier alpha value is -2.00. The number of nitrogens with one attached hydrogen (secondary N) is 1. The van der Waals surface area contributed by atoms with E-state index in [-0.39, 0.29) is 0 Å². The van der Waals surface area contributed by atoms with Crippen LogP contribution in [-0.2, 0) is 13.0 Å². The molecule has 0 bridgehead atoms. The lowest BCUT2D eigenvalue weighted by Crippen LogP contribution is -2.15. The van der Waals surface area contributed by atoms with Crippen LogP contribution in [0.1, 0.15) is 18.1 Å². The van der Waals surface area contributed by atoms with Gasteiger partial charge in [0.2, 0.25) is 0 Å². The molecule has 0 atom stereocenters. The van der Waals surface area contributed by atoms with Gasteiger partial charge in [-0.1, -0.05) is 43.3 Å². The molecule has 3 heteroatoms. The largest absolute Gasteiger partial charge is 0.493 e. The summed E-state index contributed by atoms with van der Waals surface area (Å²) < 4.78 is 11.1. The van der Waals surface area contributed by atoms with E-state index in [4.69, 9.17) is 9.47 Å². The standard InChI is InChI=1S/C18H23NO2/c1-3-19-13-12-15-8-10-16(11-9-15)14-21-18-7-5-4-6-17(18)20-2/h4-11,19H,3,12-14H2,1-2H3. The topological polar surface area (TPSA) is 30.5 Å². The molecule has 0 aliphatic rings. The normalized spacial score (nSPS) is 10.4. The molecule has 2 aromatic carbocycles. The van der Waals surface area contributed by atoms with Gasteiger partial charge in [0.25, 0.3) is 0 Å². The van der Waals surface area contributed by atoms with Gasteiger partial charge in [0.05, 0.1) is 7.11 Å². The Balaban J connectivity index is 1.88. The van der Waals surface area contributed by atoms with Gasteiger partial charge < -0.3 is 14.8 Å². The fraction of sp³-hybridized carbons (Fsp3) is 0.333. The maximum Gasteiger partial charge on any atom is 0.161 e. The molecule has 2 aromatic rings. The lowest BCUT2D eigenvalue weighted by Gasteiger charge is -2.10. The summed E-state index contributed by atoms with van der Waals surface area (Å²) in [7, 11) is 1.65. The fourth-order valence-corrected chi connectivity index (χ4v) is 2.11. The molecule has 0 unspecified atom stereocenters. The van der Waals surface area contributed by atoms with Crippen molar-refractivity contribution in [3.05, 3.63) is 59.7 Å². The summed E-state index contributed by atoms with van der Waals surface area (Å²) in [5.74, 6) is 1.54. The summed E-state index contributed by atoms with van der Waals surface area (Å²) in [6.45, 7) is 4.71. The van der Waals surface area contributed by atoms with E-state index in [1.807, 2.05) is 24.3 Å². The quantitative estimate of drug-likeness (QED) is 0.754. The summed E-state index contributed by atoms with van der Waals surface area (Å²) in [5.41, 5.74) is 2.50. The molecular weight excluding hydrogens is 262 g/mol. The van der Waals surface area contributed by atoms with Crippen molar-refractivity contribution in [1.82, 2.24) is 5.32 Å². The van der Waals surface area contributed by atoms with Crippen molar-refractivity contribution in [1.29, 1.82) is 0 Å². The number of para-hydroxylation sites is 2. The van der Waals surface area contributed by atoms with E-state index in [2.05, 4.69) is 36.5 Å². The molecule has 0 aliphatic carbocycles. The minimum Gasteiger partial charge on any atom is -0.493 e.